The van der Waals surface area contributed by atoms with Crippen molar-refractivity contribution < 1.29 is 24.2 Å². The second-order valence-electron chi connectivity index (χ2n) is 7.74. The van der Waals surface area contributed by atoms with Crippen LogP contribution in [0.25, 0.3) is 11.1 Å². The monoisotopic (exact) mass is 498 g/mol. The van der Waals surface area contributed by atoms with Gasteiger partial charge in [0.1, 0.15) is 12.6 Å². The van der Waals surface area contributed by atoms with Crippen molar-refractivity contribution in [2.45, 2.75) is 18.4 Å². The van der Waals surface area contributed by atoms with Crippen LogP contribution in [0.2, 0.25) is 10.0 Å². The molecule has 1 aliphatic carbocycles. The van der Waals surface area contributed by atoms with Gasteiger partial charge in [-0.2, -0.15) is 0 Å². The number of ether oxygens (including phenoxy) is 1. The maximum atomic E-state index is 12.6. The molecule has 0 fully saturated rings. The van der Waals surface area contributed by atoms with E-state index in [4.69, 9.17) is 27.9 Å². The van der Waals surface area contributed by atoms with Crippen LogP contribution in [-0.2, 0) is 14.3 Å². The fourth-order valence-corrected chi connectivity index (χ4v) is 4.27. The molecule has 0 saturated heterocycles. The van der Waals surface area contributed by atoms with E-state index < -0.39 is 30.4 Å². The Morgan fingerprint density at radius 3 is 2.12 bits per heavy atom. The number of alkyl carbamates (subject to hydrolysis) is 1. The van der Waals surface area contributed by atoms with Crippen molar-refractivity contribution in [2.75, 3.05) is 11.9 Å². The Bertz CT molecular complexity index is 1220. The smallest absolute Gasteiger partial charge is 0.407 e. The van der Waals surface area contributed by atoms with Crippen LogP contribution in [0.3, 0.4) is 0 Å². The molecule has 174 valence electrons. The number of carboxylic acid groups (broad SMARTS) is 1. The number of fused-ring (bicyclic) bond motifs is 3. The second-order valence-corrected chi connectivity index (χ2v) is 8.55. The quantitative estimate of drug-likeness (QED) is 0.409. The van der Waals surface area contributed by atoms with Crippen LogP contribution in [0.15, 0.2) is 66.7 Å². The Balaban J connectivity index is 1.43. The van der Waals surface area contributed by atoms with Crippen LogP contribution in [-0.4, -0.2) is 35.7 Å². The Hall–Kier alpha value is -3.55. The number of carbonyl (C=O) groups excluding carboxylic acids is 2. The molecule has 3 N–H and O–H groups in total. The predicted molar refractivity (Wildman–Crippen MR) is 129 cm³/mol. The number of rotatable bonds is 7. The van der Waals surface area contributed by atoms with Crippen molar-refractivity contribution in [3.05, 3.63) is 87.9 Å². The summed E-state index contributed by atoms with van der Waals surface area (Å²) in [7, 11) is 0. The zero-order valence-corrected chi connectivity index (χ0v) is 19.3. The van der Waals surface area contributed by atoms with Gasteiger partial charge in [0.2, 0.25) is 5.91 Å². The maximum Gasteiger partial charge on any atom is 0.407 e. The molecule has 0 spiro atoms. The predicted octanol–water partition coefficient (Wildman–Crippen LogP) is 5.31. The molecule has 4 rings (SSSR count). The Morgan fingerprint density at radius 2 is 1.53 bits per heavy atom. The minimum Gasteiger partial charge on any atom is -0.481 e. The van der Waals surface area contributed by atoms with Crippen LogP contribution in [0.5, 0.6) is 0 Å². The third-order valence-electron chi connectivity index (χ3n) is 5.52. The summed E-state index contributed by atoms with van der Waals surface area (Å²) in [5, 5.41) is 14.6. The molecule has 3 aromatic carbocycles. The number of carboxylic acids is 1. The number of aliphatic carboxylic acids is 1. The van der Waals surface area contributed by atoms with Crippen molar-refractivity contribution in [3.63, 3.8) is 0 Å². The van der Waals surface area contributed by atoms with Crippen molar-refractivity contribution in [3.8, 4) is 11.1 Å². The highest BCUT2D eigenvalue weighted by Crippen LogP contribution is 2.44. The Kier molecular flexibility index (Phi) is 7.05. The number of hydrogen-bond donors (Lipinski definition) is 3. The van der Waals surface area contributed by atoms with Crippen LogP contribution in [0.1, 0.15) is 23.5 Å². The fraction of sp³-hybridized carbons (Fsp3) is 0.160. The first-order valence-corrected chi connectivity index (χ1v) is 11.2. The average molecular weight is 499 g/mol. The largest absolute Gasteiger partial charge is 0.481 e. The van der Waals surface area contributed by atoms with Gasteiger partial charge < -0.3 is 20.5 Å². The zero-order valence-electron chi connectivity index (χ0n) is 17.8. The van der Waals surface area contributed by atoms with E-state index in [0.29, 0.717) is 10.7 Å². The summed E-state index contributed by atoms with van der Waals surface area (Å²) in [5.41, 5.74) is 4.55. The Labute approximate surface area is 205 Å². The molecule has 34 heavy (non-hydrogen) atoms. The van der Waals surface area contributed by atoms with Gasteiger partial charge in [0.25, 0.3) is 0 Å². The van der Waals surface area contributed by atoms with E-state index in [0.717, 1.165) is 22.3 Å². The third kappa shape index (κ3) is 5.16. The average Bonchev–Trinajstić information content (AvgIpc) is 3.13. The van der Waals surface area contributed by atoms with Gasteiger partial charge in [-0.15, -0.1) is 0 Å². The van der Waals surface area contributed by atoms with Gasteiger partial charge in [-0.3, -0.25) is 9.59 Å². The van der Waals surface area contributed by atoms with E-state index in [1.165, 1.54) is 18.2 Å². The summed E-state index contributed by atoms with van der Waals surface area (Å²) in [6.07, 6.45) is -1.52. The summed E-state index contributed by atoms with van der Waals surface area (Å²) >= 11 is 11.8. The number of halogens is 2. The van der Waals surface area contributed by atoms with Gasteiger partial charge in [-0.25, -0.2) is 4.79 Å². The number of benzene rings is 3. The number of hydrogen-bond acceptors (Lipinski definition) is 4. The fourth-order valence-electron chi connectivity index (χ4n) is 3.97. The molecule has 2 amide bonds. The van der Waals surface area contributed by atoms with E-state index in [-0.39, 0.29) is 17.5 Å². The van der Waals surface area contributed by atoms with Crippen LogP contribution in [0, 0.1) is 0 Å². The van der Waals surface area contributed by atoms with Crippen molar-refractivity contribution >= 4 is 46.9 Å². The topological polar surface area (TPSA) is 105 Å². The number of carbonyl (C=O) groups is 3. The number of amides is 2. The molecule has 0 heterocycles. The second kappa shape index (κ2) is 10.2. The molecule has 7 nitrogen and oxygen atoms in total. The highest BCUT2D eigenvalue weighted by Gasteiger charge is 2.30. The molecule has 0 aliphatic heterocycles. The van der Waals surface area contributed by atoms with Gasteiger partial charge in [-0.05, 0) is 40.5 Å². The highest BCUT2D eigenvalue weighted by molar-refractivity contribution is 6.42. The lowest BCUT2D eigenvalue weighted by Crippen LogP contribution is -2.45. The summed E-state index contributed by atoms with van der Waals surface area (Å²) in [6, 6.07) is 18.8. The SMILES string of the molecule is O=C(O)CC(NC(=O)OCC1c2ccccc2-c2ccccc21)C(=O)Nc1ccc(Cl)c(Cl)c1. The lowest BCUT2D eigenvalue weighted by Gasteiger charge is -2.19. The molecule has 1 atom stereocenters. The van der Waals surface area contributed by atoms with Crippen molar-refractivity contribution in [1.82, 2.24) is 5.32 Å². The van der Waals surface area contributed by atoms with Gasteiger partial charge in [0, 0.05) is 11.6 Å². The third-order valence-corrected chi connectivity index (χ3v) is 6.26. The van der Waals surface area contributed by atoms with E-state index in [2.05, 4.69) is 10.6 Å². The summed E-state index contributed by atoms with van der Waals surface area (Å²) in [5.74, 6) is -2.15. The summed E-state index contributed by atoms with van der Waals surface area (Å²) in [4.78, 5) is 36.5. The molecule has 0 saturated carbocycles. The highest BCUT2D eigenvalue weighted by atomic mass is 35.5. The van der Waals surface area contributed by atoms with Crippen LogP contribution < -0.4 is 10.6 Å². The molecular weight excluding hydrogens is 479 g/mol. The minimum absolute atomic E-state index is 0.0358. The van der Waals surface area contributed by atoms with E-state index in [9.17, 15) is 19.5 Å². The summed E-state index contributed by atoms with van der Waals surface area (Å²) < 4.78 is 5.43. The lowest BCUT2D eigenvalue weighted by atomic mass is 9.98. The van der Waals surface area contributed by atoms with Gasteiger partial charge in [0.15, 0.2) is 0 Å². The lowest BCUT2D eigenvalue weighted by molar-refractivity contribution is -0.139. The molecule has 0 radical (unpaired) electrons. The standard InChI is InChI=1S/C25H20Cl2N2O5/c26-20-10-9-14(11-21(20)27)28-24(32)22(12-23(30)31)29-25(33)34-13-19-17-7-3-1-5-15(17)16-6-2-4-8-18(16)19/h1-11,19,22H,12-13H2,(H,28,32)(H,29,33)(H,30,31). The van der Waals surface area contributed by atoms with E-state index in [1.54, 1.807) is 0 Å². The van der Waals surface area contributed by atoms with Gasteiger partial charge >= 0.3 is 12.1 Å². The van der Waals surface area contributed by atoms with Crippen LogP contribution >= 0.6 is 23.2 Å². The number of nitrogens with one attached hydrogen (secondary N) is 2. The number of anilines is 1. The molecular formula is C25H20Cl2N2O5. The van der Waals surface area contributed by atoms with E-state index in [1.807, 2.05) is 48.5 Å². The van der Waals surface area contributed by atoms with Gasteiger partial charge in [-0.1, -0.05) is 71.7 Å². The van der Waals surface area contributed by atoms with E-state index >= 15 is 0 Å². The molecule has 1 unspecified atom stereocenters. The first-order chi connectivity index (χ1) is 16.3. The normalized spacial score (nSPS) is 12.9. The molecule has 0 aromatic heterocycles. The molecule has 9 heteroatoms. The maximum absolute atomic E-state index is 12.6. The first kappa shape index (κ1) is 23.6. The summed E-state index contributed by atoms with van der Waals surface area (Å²) in [6.45, 7) is 0.0358. The first-order valence-electron chi connectivity index (χ1n) is 10.4. The zero-order chi connectivity index (χ0) is 24.2. The van der Waals surface area contributed by atoms with Gasteiger partial charge in [0.05, 0.1) is 16.5 Å². The van der Waals surface area contributed by atoms with Crippen LogP contribution in [0.4, 0.5) is 10.5 Å². The minimum atomic E-state index is -1.36. The van der Waals surface area contributed by atoms with Crippen molar-refractivity contribution in [2.24, 2.45) is 0 Å². The molecule has 0 bridgehead atoms. The molecule has 3 aromatic rings. The molecule has 1 aliphatic rings. The van der Waals surface area contributed by atoms with Crippen molar-refractivity contribution in [1.29, 1.82) is 0 Å². The Morgan fingerprint density at radius 1 is 0.912 bits per heavy atom.